The summed E-state index contributed by atoms with van der Waals surface area (Å²) in [4.78, 5) is 44.9. The standard InChI is InChI=1S/C27H26N6O3.C2H4O2/c1-3-36-26(34)13-15-33(24-6-4-5-14-29-24)27(35)20-9-12-23-22(16-20)31-25(32(23)2)18-30-21-10-7-19(17-28)8-11-21;1-2(3)4/h4-12,14,16,30H,3,13,15,18H2,1-2H3;1H3,(H,3,4). The van der Waals surface area contributed by atoms with E-state index < -0.39 is 5.97 Å². The number of ether oxygens (including phenoxy) is 1. The molecule has 40 heavy (non-hydrogen) atoms. The normalized spacial score (nSPS) is 10.2. The number of hydrogen-bond donors (Lipinski definition) is 2. The predicted molar refractivity (Wildman–Crippen MR) is 150 cm³/mol. The first-order valence-corrected chi connectivity index (χ1v) is 12.5. The number of esters is 1. The van der Waals surface area contributed by atoms with Crippen molar-refractivity contribution in [2.45, 2.75) is 26.8 Å². The number of carbonyl (C=O) groups excluding carboxylic acids is 2. The molecule has 2 aromatic heterocycles. The minimum atomic E-state index is -0.833. The highest BCUT2D eigenvalue weighted by atomic mass is 16.5. The van der Waals surface area contributed by atoms with Gasteiger partial charge in [0.25, 0.3) is 11.9 Å². The monoisotopic (exact) mass is 542 g/mol. The van der Waals surface area contributed by atoms with Crippen molar-refractivity contribution < 1.29 is 24.2 Å². The number of carboxylic acids is 1. The number of benzene rings is 2. The molecule has 0 fully saturated rings. The van der Waals surface area contributed by atoms with E-state index in [0.717, 1.165) is 24.0 Å². The number of imidazole rings is 1. The van der Waals surface area contributed by atoms with Gasteiger partial charge in [0, 0.05) is 38.0 Å². The molecule has 0 aliphatic rings. The molecule has 11 nitrogen and oxygen atoms in total. The van der Waals surface area contributed by atoms with Crippen LogP contribution in [-0.2, 0) is 27.9 Å². The van der Waals surface area contributed by atoms with Crippen molar-refractivity contribution in [1.29, 1.82) is 5.26 Å². The zero-order chi connectivity index (χ0) is 29.1. The van der Waals surface area contributed by atoms with E-state index in [9.17, 15) is 9.59 Å². The third-order valence-electron chi connectivity index (χ3n) is 5.70. The molecular weight excluding hydrogens is 512 g/mol. The summed E-state index contributed by atoms with van der Waals surface area (Å²) in [6.45, 7) is 3.74. The second kappa shape index (κ2) is 14.1. The van der Waals surface area contributed by atoms with Gasteiger partial charge in [-0.15, -0.1) is 0 Å². The Balaban J connectivity index is 0.00000103. The summed E-state index contributed by atoms with van der Waals surface area (Å²) in [5.74, 6) is -0.225. The number of carbonyl (C=O) groups is 3. The van der Waals surface area contributed by atoms with Crippen molar-refractivity contribution in [3.8, 4) is 6.07 Å². The third-order valence-corrected chi connectivity index (χ3v) is 5.70. The van der Waals surface area contributed by atoms with Gasteiger partial charge in [-0.05, 0) is 61.5 Å². The van der Waals surface area contributed by atoms with Crippen molar-refractivity contribution in [3.05, 3.63) is 83.8 Å². The molecule has 0 radical (unpaired) electrons. The maximum absolute atomic E-state index is 13.5. The molecular formula is C29H30N6O5. The van der Waals surface area contributed by atoms with Gasteiger partial charge in [-0.1, -0.05) is 6.07 Å². The molecule has 0 saturated carbocycles. The molecule has 206 valence electrons. The van der Waals surface area contributed by atoms with E-state index in [2.05, 4.69) is 16.4 Å². The lowest BCUT2D eigenvalue weighted by Crippen LogP contribution is -2.34. The fourth-order valence-electron chi connectivity index (χ4n) is 3.81. The third kappa shape index (κ3) is 7.88. The van der Waals surface area contributed by atoms with Crippen LogP contribution in [0.1, 0.15) is 42.0 Å². The first-order chi connectivity index (χ1) is 19.2. The highest BCUT2D eigenvalue weighted by Gasteiger charge is 2.21. The Morgan fingerprint density at radius 1 is 1.12 bits per heavy atom. The van der Waals surface area contributed by atoms with Crippen molar-refractivity contribution in [2.75, 3.05) is 23.4 Å². The number of anilines is 2. The van der Waals surface area contributed by atoms with E-state index in [1.165, 1.54) is 4.90 Å². The number of aliphatic carboxylic acids is 1. The number of nitrogens with zero attached hydrogens (tertiary/aromatic N) is 5. The number of aryl methyl sites for hydroxylation is 1. The van der Waals surface area contributed by atoms with E-state index >= 15 is 0 Å². The zero-order valence-electron chi connectivity index (χ0n) is 22.5. The van der Waals surface area contributed by atoms with Gasteiger partial charge in [0.15, 0.2) is 0 Å². The van der Waals surface area contributed by atoms with Crippen LogP contribution >= 0.6 is 0 Å². The summed E-state index contributed by atoms with van der Waals surface area (Å²) in [5, 5.41) is 19.7. The number of aromatic nitrogens is 3. The van der Waals surface area contributed by atoms with Crippen LogP contribution in [0.15, 0.2) is 66.9 Å². The van der Waals surface area contributed by atoms with Crippen LogP contribution in [0.5, 0.6) is 0 Å². The van der Waals surface area contributed by atoms with E-state index in [-0.39, 0.29) is 31.4 Å². The molecule has 0 spiro atoms. The van der Waals surface area contributed by atoms with E-state index in [0.29, 0.717) is 29.0 Å². The molecule has 2 N–H and O–H groups in total. The zero-order valence-corrected chi connectivity index (χ0v) is 22.5. The Kier molecular flexibility index (Phi) is 10.3. The quantitative estimate of drug-likeness (QED) is 0.297. The van der Waals surface area contributed by atoms with Crippen LogP contribution in [0.3, 0.4) is 0 Å². The molecule has 11 heteroatoms. The van der Waals surface area contributed by atoms with Crippen molar-refractivity contribution >= 4 is 40.4 Å². The molecule has 4 rings (SSSR count). The van der Waals surface area contributed by atoms with Crippen LogP contribution in [0.25, 0.3) is 11.0 Å². The highest BCUT2D eigenvalue weighted by Crippen LogP contribution is 2.21. The number of amides is 1. The van der Waals surface area contributed by atoms with Crippen molar-refractivity contribution in [1.82, 2.24) is 14.5 Å². The summed E-state index contributed by atoms with van der Waals surface area (Å²) in [6, 6.07) is 20.0. The van der Waals surface area contributed by atoms with Gasteiger partial charge in [-0.2, -0.15) is 5.26 Å². The number of nitrogens with one attached hydrogen (secondary N) is 1. The van der Waals surface area contributed by atoms with E-state index in [4.69, 9.17) is 24.9 Å². The molecule has 0 atom stereocenters. The fraction of sp³-hybridized carbons (Fsp3) is 0.241. The van der Waals surface area contributed by atoms with Crippen LogP contribution in [0.4, 0.5) is 11.5 Å². The van der Waals surface area contributed by atoms with Crippen LogP contribution < -0.4 is 10.2 Å². The second-order valence-electron chi connectivity index (χ2n) is 8.55. The summed E-state index contributed by atoms with van der Waals surface area (Å²) >= 11 is 0. The molecule has 4 aromatic rings. The number of fused-ring (bicyclic) bond motifs is 1. The predicted octanol–water partition coefficient (Wildman–Crippen LogP) is 4.14. The van der Waals surface area contributed by atoms with Gasteiger partial charge in [-0.25, -0.2) is 9.97 Å². The molecule has 0 unspecified atom stereocenters. The lowest BCUT2D eigenvalue weighted by atomic mass is 10.1. The smallest absolute Gasteiger partial charge is 0.307 e. The van der Waals surface area contributed by atoms with Gasteiger partial charge in [0.05, 0.1) is 42.2 Å². The van der Waals surface area contributed by atoms with Crippen LogP contribution in [0.2, 0.25) is 0 Å². The van der Waals surface area contributed by atoms with Gasteiger partial charge < -0.3 is 19.7 Å². The Morgan fingerprint density at radius 2 is 1.85 bits per heavy atom. The summed E-state index contributed by atoms with van der Waals surface area (Å²) in [5.41, 5.74) is 3.50. The number of hydrogen-bond acceptors (Lipinski definition) is 8. The Labute approximate surface area is 231 Å². The maximum Gasteiger partial charge on any atom is 0.307 e. The van der Waals surface area contributed by atoms with Gasteiger partial charge in [-0.3, -0.25) is 19.3 Å². The molecule has 0 aliphatic carbocycles. The van der Waals surface area contributed by atoms with Crippen molar-refractivity contribution in [3.63, 3.8) is 0 Å². The average molecular weight is 543 g/mol. The Hall–Kier alpha value is -5.24. The number of carboxylic acid groups (broad SMARTS) is 1. The van der Waals surface area contributed by atoms with Crippen molar-refractivity contribution in [2.24, 2.45) is 7.05 Å². The van der Waals surface area contributed by atoms with Gasteiger partial charge in [0.2, 0.25) is 0 Å². The molecule has 0 saturated heterocycles. The first kappa shape index (κ1) is 29.3. The minimum Gasteiger partial charge on any atom is -0.481 e. The average Bonchev–Trinajstić information content (AvgIpc) is 3.27. The summed E-state index contributed by atoms with van der Waals surface area (Å²) < 4.78 is 6.99. The lowest BCUT2D eigenvalue weighted by Gasteiger charge is -2.21. The van der Waals surface area contributed by atoms with Crippen LogP contribution in [-0.4, -0.2) is 50.6 Å². The van der Waals surface area contributed by atoms with Gasteiger partial charge >= 0.3 is 5.97 Å². The number of rotatable bonds is 9. The summed E-state index contributed by atoms with van der Waals surface area (Å²) in [6.07, 6.45) is 1.67. The molecule has 0 aliphatic heterocycles. The maximum atomic E-state index is 13.5. The second-order valence-corrected chi connectivity index (χ2v) is 8.55. The topological polar surface area (TPSA) is 150 Å². The van der Waals surface area contributed by atoms with Crippen LogP contribution in [0, 0.1) is 11.3 Å². The lowest BCUT2D eigenvalue weighted by molar-refractivity contribution is -0.142. The highest BCUT2D eigenvalue weighted by molar-refractivity contribution is 6.07. The van der Waals surface area contributed by atoms with E-state index in [1.54, 1.807) is 55.6 Å². The SMILES string of the molecule is CC(=O)O.CCOC(=O)CCN(C(=O)c1ccc2c(c1)nc(CNc1ccc(C#N)cc1)n2C)c1ccccn1. The minimum absolute atomic E-state index is 0.0626. The molecule has 0 bridgehead atoms. The number of pyridine rings is 1. The molecule has 2 heterocycles. The summed E-state index contributed by atoms with van der Waals surface area (Å²) in [7, 11) is 1.92. The molecule has 2 aromatic carbocycles. The van der Waals surface area contributed by atoms with E-state index in [1.807, 2.05) is 29.8 Å². The Morgan fingerprint density at radius 3 is 2.48 bits per heavy atom. The van der Waals surface area contributed by atoms with Gasteiger partial charge in [0.1, 0.15) is 11.6 Å². The first-order valence-electron chi connectivity index (χ1n) is 12.5. The largest absolute Gasteiger partial charge is 0.481 e. The Bertz CT molecular complexity index is 1510. The fourth-order valence-corrected chi connectivity index (χ4v) is 3.81. The molecule has 1 amide bonds. The number of nitriles is 1.